The molecule has 29 heavy (non-hydrogen) atoms. The number of unbranched alkanes of at least 4 members (excludes halogenated alkanes) is 1. The van der Waals surface area contributed by atoms with Crippen molar-refractivity contribution in [3.05, 3.63) is 35.9 Å². The number of amides is 3. The van der Waals surface area contributed by atoms with E-state index in [1.54, 1.807) is 18.9 Å². The number of nitrogens with zero attached hydrogens (tertiary/aromatic N) is 1. The zero-order chi connectivity index (χ0) is 21.6. The van der Waals surface area contributed by atoms with Gasteiger partial charge in [0.2, 0.25) is 17.7 Å². The molecule has 2 atom stereocenters. The molecule has 162 valence electrons. The summed E-state index contributed by atoms with van der Waals surface area (Å²) in [4.78, 5) is 38.3. The van der Waals surface area contributed by atoms with Gasteiger partial charge in [-0.2, -0.15) is 0 Å². The normalized spacial score (nSPS) is 12.8. The molecule has 7 heteroatoms. The molecule has 1 rings (SSSR count). The maximum atomic E-state index is 12.7. The molecule has 1 aromatic carbocycles. The van der Waals surface area contributed by atoms with Gasteiger partial charge in [-0.3, -0.25) is 14.4 Å². The second-order valence-corrected chi connectivity index (χ2v) is 7.60. The first-order valence-corrected chi connectivity index (χ1v) is 10.3. The van der Waals surface area contributed by atoms with Crippen molar-refractivity contribution in [2.45, 2.75) is 39.0 Å². The Kier molecular flexibility index (Phi) is 11.6. The largest absolute Gasteiger partial charge is 0.369 e. The topological polar surface area (TPSA) is 105 Å². The number of carbonyl (C=O) groups is 3. The average molecular weight is 405 g/mol. The van der Waals surface area contributed by atoms with Gasteiger partial charge < -0.3 is 21.3 Å². The van der Waals surface area contributed by atoms with E-state index in [1.165, 1.54) is 0 Å². The highest BCUT2D eigenvalue weighted by Gasteiger charge is 2.24. The SMILES string of the molecule is CNCCCCN(C)C(=O)C[C@@H](CCc1ccccc1)C(=O)NC[C@@H](C)C(N)=O. The molecule has 0 aliphatic rings. The number of primary amides is 1. The van der Waals surface area contributed by atoms with Crippen LogP contribution in [0.4, 0.5) is 0 Å². The highest BCUT2D eigenvalue weighted by Crippen LogP contribution is 2.16. The molecule has 7 nitrogen and oxygen atoms in total. The Bertz CT molecular complexity index is 636. The van der Waals surface area contributed by atoms with E-state index in [0.717, 1.165) is 24.9 Å². The summed E-state index contributed by atoms with van der Waals surface area (Å²) < 4.78 is 0. The van der Waals surface area contributed by atoms with Crippen LogP contribution in [0.25, 0.3) is 0 Å². The molecule has 0 fully saturated rings. The lowest BCUT2D eigenvalue weighted by molar-refractivity contribution is -0.135. The Balaban J connectivity index is 2.66. The summed E-state index contributed by atoms with van der Waals surface area (Å²) in [7, 11) is 3.69. The molecule has 0 radical (unpaired) electrons. The summed E-state index contributed by atoms with van der Waals surface area (Å²) in [6, 6.07) is 9.90. The van der Waals surface area contributed by atoms with Crippen molar-refractivity contribution < 1.29 is 14.4 Å². The maximum absolute atomic E-state index is 12.7. The molecule has 0 spiro atoms. The van der Waals surface area contributed by atoms with E-state index in [0.29, 0.717) is 19.4 Å². The average Bonchev–Trinajstić information content (AvgIpc) is 2.72. The lowest BCUT2D eigenvalue weighted by Gasteiger charge is -2.22. The molecular formula is C22H36N4O3. The van der Waals surface area contributed by atoms with Gasteiger partial charge in [0.05, 0.1) is 5.92 Å². The fraction of sp³-hybridized carbons (Fsp3) is 0.591. The number of benzene rings is 1. The first-order valence-electron chi connectivity index (χ1n) is 10.3. The van der Waals surface area contributed by atoms with Crippen LogP contribution in [0.2, 0.25) is 0 Å². The van der Waals surface area contributed by atoms with E-state index in [4.69, 9.17) is 5.73 Å². The molecule has 0 aromatic heterocycles. The third-order valence-corrected chi connectivity index (χ3v) is 5.08. The molecule has 0 saturated carbocycles. The van der Waals surface area contributed by atoms with Crippen molar-refractivity contribution in [2.75, 3.05) is 33.7 Å². The molecule has 0 unspecified atom stereocenters. The van der Waals surface area contributed by atoms with Crippen LogP contribution in [-0.2, 0) is 20.8 Å². The van der Waals surface area contributed by atoms with Crippen molar-refractivity contribution in [1.29, 1.82) is 0 Å². The Labute approximate surface area is 174 Å². The highest BCUT2D eigenvalue weighted by atomic mass is 16.2. The highest BCUT2D eigenvalue weighted by molar-refractivity contribution is 5.86. The molecule has 0 bridgehead atoms. The minimum absolute atomic E-state index is 0.0365. The van der Waals surface area contributed by atoms with Gasteiger partial charge in [-0.05, 0) is 44.8 Å². The van der Waals surface area contributed by atoms with Crippen molar-refractivity contribution in [1.82, 2.24) is 15.5 Å². The van der Waals surface area contributed by atoms with Gasteiger partial charge in [-0.15, -0.1) is 0 Å². The molecular weight excluding hydrogens is 368 g/mol. The van der Waals surface area contributed by atoms with Crippen LogP contribution >= 0.6 is 0 Å². The fourth-order valence-corrected chi connectivity index (χ4v) is 2.95. The molecule has 0 saturated heterocycles. The number of nitrogens with one attached hydrogen (secondary N) is 2. The number of nitrogens with two attached hydrogens (primary N) is 1. The Hall–Kier alpha value is -2.41. The Morgan fingerprint density at radius 3 is 2.45 bits per heavy atom. The van der Waals surface area contributed by atoms with Gasteiger partial charge >= 0.3 is 0 Å². The van der Waals surface area contributed by atoms with E-state index < -0.39 is 17.7 Å². The smallest absolute Gasteiger partial charge is 0.223 e. The van der Waals surface area contributed by atoms with Crippen LogP contribution in [0, 0.1) is 11.8 Å². The van der Waals surface area contributed by atoms with Gasteiger partial charge in [-0.1, -0.05) is 37.3 Å². The predicted molar refractivity (Wildman–Crippen MR) is 115 cm³/mol. The number of carbonyl (C=O) groups excluding carboxylic acids is 3. The number of hydrogen-bond acceptors (Lipinski definition) is 4. The van der Waals surface area contributed by atoms with Gasteiger partial charge in [0.1, 0.15) is 0 Å². The third-order valence-electron chi connectivity index (χ3n) is 5.08. The minimum atomic E-state index is -0.455. The molecule has 4 N–H and O–H groups in total. The molecule has 0 aliphatic carbocycles. The monoisotopic (exact) mass is 404 g/mol. The van der Waals surface area contributed by atoms with E-state index >= 15 is 0 Å². The van der Waals surface area contributed by atoms with Crippen molar-refractivity contribution in [3.8, 4) is 0 Å². The zero-order valence-electron chi connectivity index (χ0n) is 17.9. The number of hydrogen-bond donors (Lipinski definition) is 3. The van der Waals surface area contributed by atoms with Crippen molar-refractivity contribution in [3.63, 3.8) is 0 Å². The predicted octanol–water partition coefficient (Wildman–Crippen LogP) is 1.32. The van der Waals surface area contributed by atoms with Gasteiger partial charge in [0, 0.05) is 32.5 Å². The number of rotatable bonds is 14. The molecule has 0 heterocycles. The second kappa shape index (κ2) is 13.7. The lowest BCUT2D eigenvalue weighted by Crippen LogP contribution is -2.40. The van der Waals surface area contributed by atoms with Crippen LogP contribution in [0.5, 0.6) is 0 Å². The molecule has 3 amide bonds. The quantitative estimate of drug-likeness (QED) is 0.407. The summed E-state index contributed by atoms with van der Waals surface area (Å²) in [5, 5.41) is 5.88. The zero-order valence-corrected chi connectivity index (χ0v) is 17.9. The lowest BCUT2D eigenvalue weighted by atomic mass is 9.94. The van der Waals surface area contributed by atoms with Crippen molar-refractivity contribution >= 4 is 17.7 Å². The first kappa shape index (κ1) is 24.6. The summed E-state index contributed by atoms with van der Waals surface area (Å²) in [6.45, 7) is 3.45. The second-order valence-electron chi connectivity index (χ2n) is 7.60. The van der Waals surface area contributed by atoms with E-state index in [-0.39, 0.29) is 24.8 Å². The van der Waals surface area contributed by atoms with Crippen LogP contribution < -0.4 is 16.4 Å². The van der Waals surface area contributed by atoms with Crippen molar-refractivity contribution in [2.24, 2.45) is 17.6 Å². The summed E-state index contributed by atoms with van der Waals surface area (Å²) >= 11 is 0. The van der Waals surface area contributed by atoms with E-state index in [9.17, 15) is 14.4 Å². The molecule has 0 aliphatic heterocycles. The Morgan fingerprint density at radius 1 is 1.14 bits per heavy atom. The molecule has 1 aromatic rings. The minimum Gasteiger partial charge on any atom is -0.369 e. The van der Waals surface area contributed by atoms with Crippen LogP contribution in [0.3, 0.4) is 0 Å². The first-order chi connectivity index (χ1) is 13.8. The summed E-state index contributed by atoms with van der Waals surface area (Å²) in [6.07, 6.45) is 3.35. The third kappa shape index (κ3) is 10.1. The van der Waals surface area contributed by atoms with Gasteiger partial charge in [0.15, 0.2) is 0 Å². The fourth-order valence-electron chi connectivity index (χ4n) is 2.95. The summed E-state index contributed by atoms with van der Waals surface area (Å²) in [5.74, 6) is -1.58. The van der Waals surface area contributed by atoms with Crippen LogP contribution in [0.15, 0.2) is 30.3 Å². The standard InChI is InChI=1S/C22H36N4O3/c1-17(21(23)28)16-25-22(29)19(12-11-18-9-5-4-6-10-18)15-20(27)26(3)14-8-7-13-24-2/h4-6,9-10,17,19,24H,7-8,11-16H2,1-3H3,(H2,23,28)(H,25,29)/t17-,19-/m1/s1. The van der Waals surface area contributed by atoms with Crippen LogP contribution in [0.1, 0.15) is 38.2 Å². The van der Waals surface area contributed by atoms with Gasteiger partial charge in [0.25, 0.3) is 0 Å². The van der Waals surface area contributed by atoms with Gasteiger partial charge in [-0.25, -0.2) is 0 Å². The van der Waals surface area contributed by atoms with Crippen LogP contribution in [-0.4, -0.2) is 56.4 Å². The number of aryl methyl sites for hydroxylation is 1. The van der Waals surface area contributed by atoms with E-state index in [1.807, 2.05) is 37.4 Å². The van der Waals surface area contributed by atoms with E-state index in [2.05, 4.69) is 10.6 Å². The maximum Gasteiger partial charge on any atom is 0.223 e. The Morgan fingerprint density at radius 2 is 1.83 bits per heavy atom. The summed E-state index contributed by atoms with van der Waals surface area (Å²) in [5.41, 5.74) is 6.39.